The number of hydrogen-bond acceptors (Lipinski definition) is 5. The first-order chi connectivity index (χ1) is 8.70. The summed E-state index contributed by atoms with van der Waals surface area (Å²) in [4.78, 5) is 10.7. The van der Waals surface area contributed by atoms with Gasteiger partial charge in [0.25, 0.3) is 0 Å². The van der Waals surface area contributed by atoms with Gasteiger partial charge in [-0.25, -0.2) is 13.2 Å². The SMILES string of the molecule is CCOC(=N)c1c(S(C)(=O)=O)ccc(C(=O)O)c1Cl. The number of aromatic carboxylic acids is 1. The maximum absolute atomic E-state index is 11.6. The highest BCUT2D eigenvalue weighted by Crippen LogP contribution is 2.28. The number of ether oxygens (including phenoxy) is 1. The summed E-state index contributed by atoms with van der Waals surface area (Å²) < 4.78 is 28.2. The van der Waals surface area contributed by atoms with E-state index < -0.39 is 21.7 Å². The van der Waals surface area contributed by atoms with E-state index in [1.165, 1.54) is 0 Å². The third kappa shape index (κ3) is 3.24. The van der Waals surface area contributed by atoms with Crippen LogP contribution in [0, 0.1) is 5.41 Å². The molecule has 1 aromatic rings. The minimum atomic E-state index is -3.66. The summed E-state index contributed by atoms with van der Waals surface area (Å²) in [6.45, 7) is 1.75. The van der Waals surface area contributed by atoms with Gasteiger partial charge in [-0.15, -0.1) is 0 Å². The van der Waals surface area contributed by atoms with Crippen molar-refractivity contribution in [1.29, 1.82) is 5.41 Å². The molecule has 0 unspecified atom stereocenters. The molecule has 0 aliphatic rings. The molecule has 0 aromatic heterocycles. The van der Waals surface area contributed by atoms with E-state index in [9.17, 15) is 13.2 Å². The van der Waals surface area contributed by atoms with Gasteiger partial charge in [0.15, 0.2) is 9.84 Å². The molecule has 1 rings (SSSR count). The normalized spacial score (nSPS) is 11.1. The predicted octanol–water partition coefficient (Wildman–Crippen LogP) is 1.80. The lowest BCUT2D eigenvalue weighted by molar-refractivity contribution is 0.0697. The van der Waals surface area contributed by atoms with Crippen LogP contribution in [0.1, 0.15) is 22.8 Å². The number of halogens is 1. The Balaban J connectivity index is 3.65. The van der Waals surface area contributed by atoms with Crippen molar-refractivity contribution in [3.63, 3.8) is 0 Å². The molecule has 0 radical (unpaired) electrons. The zero-order chi connectivity index (χ0) is 14.8. The Bertz CT molecular complexity index is 639. The zero-order valence-corrected chi connectivity index (χ0v) is 11.8. The summed E-state index contributed by atoms with van der Waals surface area (Å²) in [6, 6.07) is 2.19. The van der Waals surface area contributed by atoms with Crippen molar-refractivity contribution in [3.8, 4) is 0 Å². The van der Waals surface area contributed by atoms with Crippen molar-refractivity contribution < 1.29 is 23.1 Å². The van der Waals surface area contributed by atoms with Gasteiger partial charge in [-0.3, -0.25) is 5.41 Å². The van der Waals surface area contributed by atoms with Crippen LogP contribution in [-0.2, 0) is 14.6 Å². The molecule has 0 atom stereocenters. The number of carboxylic acids is 1. The summed E-state index contributed by atoms with van der Waals surface area (Å²) in [7, 11) is -3.66. The fraction of sp³-hybridized carbons (Fsp3) is 0.273. The fourth-order valence-corrected chi connectivity index (χ4v) is 2.73. The molecule has 1 aromatic carbocycles. The second kappa shape index (κ2) is 5.58. The van der Waals surface area contributed by atoms with Crippen LogP contribution in [-0.4, -0.2) is 38.3 Å². The molecule has 0 spiro atoms. The van der Waals surface area contributed by atoms with Crippen LogP contribution >= 0.6 is 11.6 Å². The summed E-state index contributed by atoms with van der Waals surface area (Å²) in [6.07, 6.45) is 0.946. The van der Waals surface area contributed by atoms with Gasteiger partial charge < -0.3 is 9.84 Å². The van der Waals surface area contributed by atoms with Crippen LogP contribution in [0.5, 0.6) is 0 Å². The number of sulfone groups is 1. The van der Waals surface area contributed by atoms with E-state index in [0.717, 1.165) is 18.4 Å². The number of rotatable bonds is 4. The number of benzene rings is 1. The van der Waals surface area contributed by atoms with Crippen molar-refractivity contribution in [1.82, 2.24) is 0 Å². The maximum Gasteiger partial charge on any atom is 0.337 e. The van der Waals surface area contributed by atoms with E-state index in [0.29, 0.717) is 0 Å². The van der Waals surface area contributed by atoms with Gasteiger partial charge in [0.05, 0.1) is 27.7 Å². The van der Waals surface area contributed by atoms with E-state index in [1.807, 2.05) is 0 Å². The van der Waals surface area contributed by atoms with Gasteiger partial charge in [-0.1, -0.05) is 11.6 Å². The van der Waals surface area contributed by atoms with Crippen LogP contribution in [0.25, 0.3) is 0 Å². The average molecular weight is 306 g/mol. The fourth-order valence-electron chi connectivity index (χ4n) is 1.46. The van der Waals surface area contributed by atoms with Crippen molar-refractivity contribution in [2.45, 2.75) is 11.8 Å². The quantitative estimate of drug-likeness (QED) is 0.652. The van der Waals surface area contributed by atoms with E-state index in [1.54, 1.807) is 6.92 Å². The zero-order valence-electron chi connectivity index (χ0n) is 10.2. The number of carboxylic acid groups (broad SMARTS) is 1. The van der Waals surface area contributed by atoms with Gasteiger partial charge in [0.2, 0.25) is 5.90 Å². The van der Waals surface area contributed by atoms with E-state index in [2.05, 4.69) is 0 Å². The molecule has 0 aliphatic heterocycles. The third-order valence-electron chi connectivity index (χ3n) is 2.25. The first-order valence-corrected chi connectivity index (χ1v) is 7.44. The Kier molecular flexibility index (Phi) is 4.54. The van der Waals surface area contributed by atoms with Crippen LogP contribution < -0.4 is 0 Å². The summed E-state index contributed by atoms with van der Waals surface area (Å²) in [5.74, 6) is -1.79. The average Bonchev–Trinajstić information content (AvgIpc) is 2.26. The van der Waals surface area contributed by atoms with Crippen LogP contribution in [0.2, 0.25) is 5.02 Å². The van der Waals surface area contributed by atoms with Crippen LogP contribution in [0.4, 0.5) is 0 Å². The first-order valence-electron chi connectivity index (χ1n) is 5.17. The second-order valence-corrected chi connectivity index (χ2v) is 6.00. The highest BCUT2D eigenvalue weighted by atomic mass is 35.5. The molecule has 0 bridgehead atoms. The molecule has 0 fully saturated rings. The maximum atomic E-state index is 11.6. The Morgan fingerprint density at radius 1 is 1.47 bits per heavy atom. The monoisotopic (exact) mass is 305 g/mol. The van der Waals surface area contributed by atoms with Gasteiger partial charge in [0, 0.05) is 6.26 Å². The largest absolute Gasteiger partial charge is 0.478 e. The van der Waals surface area contributed by atoms with Gasteiger partial charge in [-0.2, -0.15) is 0 Å². The highest BCUT2D eigenvalue weighted by molar-refractivity contribution is 7.90. The van der Waals surface area contributed by atoms with Gasteiger partial charge in [-0.05, 0) is 19.1 Å². The molecule has 104 valence electrons. The lowest BCUT2D eigenvalue weighted by Gasteiger charge is -2.13. The van der Waals surface area contributed by atoms with Crippen molar-refractivity contribution in [2.75, 3.05) is 12.9 Å². The first kappa shape index (κ1) is 15.5. The molecule has 0 aliphatic carbocycles. The standard InChI is InChI=1S/C11H12ClNO5S/c1-3-18-10(13)8-7(19(2,16)17)5-4-6(9(8)12)11(14)15/h4-5,13H,3H2,1-2H3,(H,14,15). The molecule has 19 heavy (non-hydrogen) atoms. The third-order valence-corrected chi connectivity index (χ3v) is 3.78. The molecular weight excluding hydrogens is 294 g/mol. The molecule has 0 saturated heterocycles. The van der Waals surface area contributed by atoms with E-state index in [4.69, 9.17) is 26.9 Å². The van der Waals surface area contributed by atoms with Crippen molar-refractivity contribution in [2.24, 2.45) is 0 Å². The molecule has 2 N–H and O–H groups in total. The topological polar surface area (TPSA) is 105 Å². The van der Waals surface area contributed by atoms with Gasteiger partial charge >= 0.3 is 5.97 Å². The molecule has 0 amide bonds. The van der Waals surface area contributed by atoms with Gasteiger partial charge in [0.1, 0.15) is 0 Å². The Hall–Kier alpha value is -1.60. The Morgan fingerprint density at radius 3 is 2.47 bits per heavy atom. The summed E-state index contributed by atoms with van der Waals surface area (Å²) in [5.41, 5.74) is -0.514. The Labute approximate surface area is 115 Å². The minimum Gasteiger partial charge on any atom is -0.478 e. The highest BCUT2D eigenvalue weighted by Gasteiger charge is 2.24. The minimum absolute atomic E-state index is 0.135. The second-order valence-electron chi connectivity index (χ2n) is 3.64. The lowest BCUT2D eigenvalue weighted by Crippen LogP contribution is -2.14. The number of carbonyl (C=O) groups is 1. The molecular formula is C11H12ClNO5S. The summed E-state index contributed by atoms with van der Waals surface area (Å²) in [5, 5.41) is 16.3. The molecule has 6 nitrogen and oxygen atoms in total. The van der Waals surface area contributed by atoms with Crippen molar-refractivity contribution >= 4 is 33.3 Å². The predicted molar refractivity (Wildman–Crippen MR) is 70.0 cm³/mol. The molecule has 0 heterocycles. The van der Waals surface area contributed by atoms with Crippen LogP contribution in [0.3, 0.4) is 0 Å². The van der Waals surface area contributed by atoms with E-state index >= 15 is 0 Å². The molecule has 0 saturated carbocycles. The molecule has 8 heteroatoms. The number of hydrogen-bond donors (Lipinski definition) is 2. The Morgan fingerprint density at radius 2 is 2.05 bits per heavy atom. The summed E-state index contributed by atoms with van der Waals surface area (Å²) >= 11 is 5.88. The smallest absolute Gasteiger partial charge is 0.337 e. The lowest BCUT2D eigenvalue weighted by atomic mass is 10.1. The van der Waals surface area contributed by atoms with Crippen LogP contribution in [0.15, 0.2) is 17.0 Å². The van der Waals surface area contributed by atoms with E-state index in [-0.39, 0.29) is 27.7 Å². The van der Waals surface area contributed by atoms with Crippen molar-refractivity contribution in [3.05, 3.63) is 28.3 Å². The number of nitrogens with one attached hydrogen (secondary N) is 1.